The van der Waals surface area contributed by atoms with Crippen molar-refractivity contribution in [3.63, 3.8) is 0 Å². The van der Waals surface area contributed by atoms with Crippen LogP contribution in [-0.2, 0) is 4.74 Å². The van der Waals surface area contributed by atoms with Gasteiger partial charge in [0.1, 0.15) is 0 Å². The molecule has 0 aliphatic rings. The number of benzene rings is 2. The number of aryl methyl sites for hydroxylation is 1. The van der Waals surface area contributed by atoms with Crippen LogP contribution >= 0.6 is 0 Å². The molecule has 1 heteroatoms. The summed E-state index contributed by atoms with van der Waals surface area (Å²) in [5.74, 6) is 0. The normalized spacial score (nSPS) is 12.7. The first kappa shape index (κ1) is 13.6. The van der Waals surface area contributed by atoms with Crippen molar-refractivity contribution >= 4 is 6.08 Å². The van der Waals surface area contributed by atoms with Crippen LogP contribution in [0.4, 0.5) is 0 Å². The monoisotopic (exact) mass is 252 g/mol. The zero-order valence-electron chi connectivity index (χ0n) is 11.5. The summed E-state index contributed by atoms with van der Waals surface area (Å²) < 4.78 is 5.80. The Morgan fingerprint density at radius 3 is 2.37 bits per heavy atom. The van der Waals surface area contributed by atoms with E-state index in [1.54, 1.807) is 0 Å². The summed E-state index contributed by atoms with van der Waals surface area (Å²) in [7, 11) is 0. The molecule has 0 bridgehead atoms. The summed E-state index contributed by atoms with van der Waals surface area (Å²) in [5, 5.41) is 0. The molecule has 2 aromatic carbocycles. The van der Waals surface area contributed by atoms with Crippen molar-refractivity contribution in [3.8, 4) is 0 Å². The summed E-state index contributed by atoms with van der Waals surface area (Å²) >= 11 is 0. The number of ether oxygens (including phenoxy) is 1. The van der Waals surface area contributed by atoms with E-state index in [4.69, 9.17) is 4.74 Å². The molecule has 0 N–H and O–H groups in total. The van der Waals surface area contributed by atoms with Crippen molar-refractivity contribution in [1.29, 1.82) is 0 Å². The van der Waals surface area contributed by atoms with Gasteiger partial charge in [-0.15, -0.1) is 0 Å². The minimum atomic E-state index is 0.126. The molecule has 2 aromatic rings. The second-order valence-corrected chi connectivity index (χ2v) is 4.70. The van der Waals surface area contributed by atoms with Gasteiger partial charge in [0.25, 0.3) is 0 Å². The summed E-state index contributed by atoms with van der Waals surface area (Å²) in [6, 6.07) is 18.8. The van der Waals surface area contributed by atoms with Crippen LogP contribution in [0.3, 0.4) is 0 Å². The smallest absolute Gasteiger partial charge is 0.0801 e. The fourth-order valence-electron chi connectivity index (χ4n) is 1.88. The number of rotatable bonds is 5. The summed E-state index contributed by atoms with van der Waals surface area (Å²) in [6.07, 6.45) is 4.27. The topological polar surface area (TPSA) is 9.23 Å². The molecule has 0 saturated carbocycles. The lowest BCUT2D eigenvalue weighted by Gasteiger charge is -2.12. The van der Waals surface area contributed by atoms with Gasteiger partial charge in [-0.2, -0.15) is 0 Å². The van der Waals surface area contributed by atoms with Crippen LogP contribution in [0.25, 0.3) is 6.08 Å². The zero-order chi connectivity index (χ0) is 13.5. The van der Waals surface area contributed by atoms with Crippen LogP contribution in [0.5, 0.6) is 0 Å². The third-order valence-electron chi connectivity index (χ3n) is 3.10. The molecule has 0 heterocycles. The maximum absolute atomic E-state index is 5.80. The van der Waals surface area contributed by atoms with Crippen LogP contribution in [-0.4, -0.2) is 6.61 Å². The van der Waals surface area contributed by atoms with Crippen molar-refractivity contribution in [1.82, 2.24) is 0 Å². The van der Waals surface area contributed by atoms with Gasteiger partial charge in [0.2, 0.25) is 0 Å². The molecule has 98 valence electrons. The third-order valence-corrected chi connectivity index (χ3v) is 3.10. The molecule has 1 nitrogen and oxygen atoms in total. The van der Waals surface area contributed by atoms with E-state index < -0.39 is 0 Å². The standard InChI is InChI=1S/C18H20O/c1-15-10-12-18(13-11-15)16(2)19-14-6-9-17-7-4-3-5-8-17/h3-13,16H,14H2,1-2H3/b9-6+. The molecule has 0 aliphatic carbocycles. The summed E-state index contributed by atoms with van der Waals surface area (Å²) in [5.41, 5.74) is 3.70. The fourth-order valence-corrected chi connectivity index (χ4v) is 1.88. The van der Waals surface area contributed by atoms with E-state index in [0.717, 1.165) is 0 Å². The second kappa shape index (κ2) is 6.91. The van der Waals surface area contributed by atoms with Crippen molar-refractivity contribution in [3.05, 3.63) is 77.4 Å². The lowest BCUT2D eigenvalue weighted by Crippen LogP contribution is -1.99. The van der Waals surface area contributed by atoms with Gasteiger partial charge in [-0.1, -0.05) is 72.3 Å². The quantitative estimate of drug-likeness (QED) is 0.743. The van der Waals surface area contributed by atoms with Crippen LogP contribution < -0.4 is 0 Å². The van der Waals surface area contributed by atoms with Gasteiger partial charge >= 0.3 is 0 Å². The summed E-state index contributed by atoms with van der Waals surface area (Å²) in [4.78, 5) is 0. The largest absolute Gasteiger partial charge is 0.370 e. The minimum Gasteiger partial charge on any atom is -0.370 e. The van der Waals surface area contributed by atoms with Crippen LogP contribution in [0.1, 0.15) is 29.7 Å². The molecule has 0 aliphatic heterocycles. The SMILES string of the molecule is Cc1ccc(C(C)OC/C=C/c2ccccc2)cc1. The minimum absolute atomic E-state index is 0.126. The number of hydrogen-bond donors (Lipinski definition) is 0. The highest BCUT2D eigenvalue weighted by Gasteiger charge is 2.03. The molecule has 1 unspecified atom stereocenters. The highest BCUT2D eigenvalue weighted by molar-refractivity contribution is 5.48. The van der Waals surface area contributed by atoms with Crippen molar-refractivity contribution in [2.75, 3.05) is 6.61 Å². The van der Waals surface area contributed by atoms with Gasteiger partial charge in [0, 0.05) is 0 Å². The molecule has 2 rings (SSSR count). The van der Waals surface area contributed by atoms with Gasteiger partial charge in [0.05, 0.1) is 12.7 Å². The second-order valence-electron chi connectivity index (χ2n) is 4.70. The van der Waals surface area contributed by atoms with Crippen LogP contribution in [0, 0.1) is 6.92 Å². The zero-order valence-corrected chi connectivity index (χ0v) is 11.5. The molecule has 0 amide bonds. The van der Waals surface area contributed by atoms with Crippen LogP contribution in [0.15, 0.2) is 60.7 Å². The van der Waals surface area contributed by atoms with Gasteiger partial charge in [0.15, 0.2) is 0 Å². The predicted octanol–water partition coefficient (Wildman–Crippen LogP) is 4.79. The van der Waals surface area contributed by atoms with E-state index in [1.807, 2.05) is 18.2 Å². The fraction of sp³-hybridized carbons (Fsp3) is 0.222. The highest BCUT2D eigenvalue weighted by atomic mass is 16.5. The average Bonchev–Trinajstić information content (AvgIpc) is 2.45. The van der Waals surface area contributed by atoms with Crippen molar-refractivity contribution < 1.29 is 4.74 Å². The van der Waals surface area contributed by atoms with E-state index in [1.165, 1.54) is 16.7 Å². The van der Waals surface area contributed by atoms with E-state index in [0.29, 0.717) is 6.61 Å². The lowest BCUT2D eigenvalue weighted by molar-refractivity contribution is 0.0889. The van der Waals surface area contributed by atoms with Crippen LogP contribution in [0.2, 0.25) is 0 Å². The first-order valence-corrected chi connectivity index (χ1v) is 6.65. The van der Waals surface area contributed by atoms with E-state index in [9.17, 15) is 0 Å². The Balaban J connectivity index is 1.82. The summed E-state index contributed by atoms with van der Waals surface area (Å²) in [6.45, 7) is 4.81. The van der Waals surface area contributed by atoms with Gasteiger partial charge in [-0.05, 0) is 25.0 Å². The van der Waals surface area contributed by atoms with Gasteiger partial charge in [-0.3, -0.25) is 0 Å². The number of hydrogen-bond acceptors (Lipinski definition) is 1. The molecule has 0 aromatic heterocycles. The van der Waals surface area contributed by atoms with Gasteiger partial charge in [-0.25, -0.2) is 0 Å². The molecule has 0 saturated heterocycles. The van der Waals surface area contributed by atoms with Crippen molar-refractivity contribution in [2.45, 2.75) is 20.0 Å². The molecular formula is C18H20O. The Bertz CT molecular complexity index is 511. The first-order valence-electron chi connectivity index (χ1n) is 6.65. The first-order chi connectivity index (χ1) is 9.25. The Kier molecular flexibility index (Phi) is 4.93. The molecular weight excluding hydrogens is 232 g/mol. The van der Waals surface area contributed by atoms with Crippen molar-refractivity contribution in [2.24, 2.45) is 0 Å². The Labute approximate surface area is 115 Å². The molecule has 19 heavy (non-hydrogen) atoms. The van der Waals surface area contributed by atoms with Gasteiger partial charge < -0.3 is 4.74 Å². The van der Waals surface area contributed by atoms with E-state index in [2.05, 4.69) is 62.4 Å². The van der Waals surface area contributed by atoms with E-state index >= 15 is 0 Å². The molecule has 0 fully saturated rings. The highest BCUT2D eigenvalue weighted by Crippen LogP contribution is 2.17. The predicted molar refractivity (Wildman–Crippen MR) is 81.0 cm³/mol. The van der Waals surface area contributed by atoms with E-state index in [-0.39, 0.29) is 6.10 Å². The molecule has 0 radical (unpaired) electrons. The molecule has 0 spiro atoms. The maximum Gasteiger partial charge on any atom is 0.0801 e. The average molecular weight is 252 g/mol. The Hall–Kier alpha value is -1.86. The Morgan fingerprint density at radius 2 is 1.68 bits per heavy atom. The molecule has 1 atom stereocenters. The lowest BCUT2D eigenvalue weighted by atomic mass is 10.1. The third kappa shape index (κ3) is 4.38. The maximum atomic E-state index is 5.80. The Morgan fingerprint density at radius 1 is 1.00 bits per heavy atom.